The Morgan fingerprint density at radius 2 is 2.00 bits per heavy atom. The predicted molar refractivity (Wildman–Crippen MR) is 76.2 cm³/mol. The molecule has 3 nitrogen and oxygen atoms in total. The molecule has 1 aliphatic rings. The van der Waals surface area contributed by atoms with Gasteiger partial charge in [-0.2, -0.15) is 0 Å². The lowest BCUT2D eigenvalue weighted by Crippen LogP contribution is -2.49. The van der Waals surface area contributed by atoms with Crippen molar-refractivity contribution in [2.24, 2.45) is 5.73 Å². The molecule has 0 bridgehead atoms. The average Bonchev–Trinajstić information content (AvgIpc) is 2.54. The average molecular weight is 248 g/mol. The Morgan fingerprint density at radius 3 is 2.56 bits per heavy atom. The number of hydrogen-bond acceptors (Lipinski definition) is 3. The first-order valence-corrected chi connectivity index (χ1v) is 6.72. The molecule has 0 aliphatic carbocycles. The second-order valence-corrected chi connectivity index (χ2v) is 5.83. The van der Waals surface area contributed by atoms with Crippen LogP contribution >= 0.6 is 0 Å². The smallest absolute Gasteiger partial charge is 0.142 e. The summed E-state index contributed by atoms with van der Waals surface area (Å²) in [7, 11) is 0. The highest BCUT2D eigenvalue weighted by molar-refractivity contribution is 5.61. The number of rotatable bonds is 3. The van der Waals surface area contributed by atoms with E-state index in [-0.39, 0.29) is 17.7 Å². The molecule has 1 aromatic carbocycles. The van der Waals surface area contributed by atoms with Gasteiger partial charge in [0.1, 0.15) is 5.75 Å². The highest BCUT2D eigenvalue weighted by atomic mass is 16.5. The normalized spacial score (nSPS) is 22.6. The van der Waals surface area contributed by atoms with E-state index in [4.69, 9.17) is 10.5 Å². The first-order valence-electron chi connectivity index (χ1n) is 6.72. The Labute approximate surface area is 110 Å². The van der Waals surface area contributed by atoms with Gasteiger partial charge in [0.05, 0.1) is 11.8 Å². The van der Waals surface area contributed by atoms with Crippen LogP contribution in [0.2, 0.25) is 0 Å². The van der Waals surface area contributed by atoms with Gasteiger partial charge in [-0.1, -0.05) is 12.1 Å². The zero-order valence-electron chi connectivity index (χ0n) is 11.8. The van der Waals surface area contributed by atoms with Gasteiger partial charge < -0.3 is 15.4 Å². The van der Waals surface area contributed by atoms with Gasteiger partial charge in [-0.05, 0) is 46.2 Å². The van der Waals surface area contributed by atoms with E-state index >= 15 is 0 Å². The highest BCUT2D eigenvalue weighted by Gasteiger charge is 2.40. The standard InChI is InChI=1S/C15H24N2O/c1-11(2)18-13-8-6-5-7-12(13)17-10-9-14(16)15(17,3)4/h5-8,11,14H,9-10,16H2,1-4H3. The maximum absolute atomic E-state index is 6.21. The van der Waals surface area contributed by atoms with E-state index in [1.807, 2.05) is 12.1 Å². The molecule has 1 aromatic rings. The van der Waals surface area contributed by atoms with Crippen LogP contribution in [0.15, 0.2) is 24.3 Å². The fourth-order valence-corrected chi connectivity index (χ4v) is 2.57. The highest BCUT2D eigenvalue weighted by Crippen LogP contribution is 2.38. The molecule has 3 heteroatoms. The van der Waals surface area contributed by atoms with Crippen LogP contribution in [0.25, 0.3) is 0 Å². The van der Waals surface area contributed by atoms with E-state index in [1.165, 1.54) is 0 Å². The van der Waals surface area contributed by atoms with Crippen LogP contribution in [-0.4, -0.2) is 24.2 Å². The van der Waals surface area contributed by atoms with E-state index in [1.54, 1.807) is 0 Å². The molecule has 2 rings (SSSR count). The van der Waals surface area contributed by atoms with Crippen molar-refractivity contribution in [2.45, 2.75) is 51.8 Å². The topological polar surface area (TPSA) is 38.5 Å². The summed E-state index contributed by atoms with van der Waals surface area (Å²) in [5.74, 6) is 0.953. The number of ether oxygens (including phenoxy) is 1. The third kappa shape index (κ3) is 2.32. The maximum atomic E-state index is 6.21. The molecule has 1 unspecified atom stereocenters. The zero-order chi connectivity index (χ0) is 13.3. The van der Waals surface area contributed by atoms with Crippen molar-refractivity contribution in [1.29, 1.82) is 0 Å². The second kappa shape index (κ2) is 4.81. The monoisotopic (exact) mass is 248 g/mol. The fourth-order valence-electron chi connectivity index (χ4n) is 2.57. The molecule has 1 aliphatic heterocycles. The van der Waals surface area contributed by atoms with Crippen LogP contribution in [0.4, 0.5) is 5.69 Å². The Morgan fingerprint density at radius 1 is 1.33 bits per heavy atom. The maximum Gasteiger partial charge on any atom is 0.142 e. The van der Waals surface area contributed by atoms with Gasteiger partial charge in [0.25, 0.3) is 0 Å². The Balaban J connectivity index is 2.33. The molecule has 1 fully saturated rings. The third-order valence-electron chi connectivity index (χ3n) is 3.79. The van der Waals surface area contributed by atoms with Gasteiger partial charge in [-0.3, -0.25) is 0 Å². The van der Waals surface area contributed by atoms with Crippen LogP contribution in [0, 0.1) is 0 Å². The number of benzene rings is 1. The van der Waals surface area contributed by atoms with Gasteiger partial charge in [-0.25, -0.2) is 0 Å². The van der Waals surface area contributed by atoms with Crippen molar-refractivity contribution in [3.05, 3.63) is 24.3 Å². The van der Waals surface area contributed by atoms with Gasteiger partial charge in [0, 0.05) is 18.1 Å². The zero-order valence-corrected chi connectivity index (χ0v) is 11.8. The quantitative estimate of drug-likeness (QED) is 0.894. The van der Waals surface area contributed by atoms with E-state index in [9.17, 15) is 0 Å². The van der Waals surface area contributed by atoms with Crippen molar-refractivity contribution < 1.29 is 4.74 Å². The minimum atomic E-state index is -0.0174. The SMILES string of the molecule is CC(C)Oc1ccccc1N1CCC(N)C1(C)C. The largest absolute Gasteiger partial charge is 0.489 e. The summed E-state index contributed by atoms with van der Waals surface area (Å²) in [6, 6.07) is 8.45. The summed E-state index contributed by atoms with van der Waals surface area (Å²) in [4.78, 5) is 2.37. The number of para-hydroxylation sites is 2. The second-order valence-electron chi connectivity index (χ2n) is 5.83. The van der Waals surface area contributed by atoms with Crippen molar-refractivity contribution in [2.75, 3.05) is 11.4 Å². The van der Waals surface area contributed by atoms with Crippen LogP contribution in [0.1, 0.15) is 34.1 Å². The number of nitrogens with two attached hydrogens (primary N) is 1. The number of hydrogen-bond donors (Lipinski definition) is 1. The summed E-state index contributed by atoms with van der Waals surface area (Å²) >= 11 is 0. The van der Waals surface area contributed by atoms with E-state index in [0.717, 1.165) is 24.4 Å². The molecule has 0 amide bonds. The Kier molecular flexibility index (Phi) is 3.53. The van der Waals surface area contributed by atoms with Crippen molar-refractivity contribution in [3.63, 3.8) is 0 Å². The minimum absolute atomic E-state index is 0.0174. The molecular weight excluding hydrogens is 224 g/mol. The van der Waals surface area contributed by atoms with Gasteiger partial charge >= 0.3 is 0 Å². The number of nitrogens with zero attached hydrogens (tertiary/aromatic N) is 1. The summed E-state index contributed by atoms with van der Waals surface area (Å²) in [5.41, 5.74) is 7.35. The van der Waals surface area contributed by atoms with Gasteiger partial charge in [0.2, 0.25) is 0 Å². The number of anilines is 1. The fraction of sp³-hybridized carbons (Fsp3) is 0.600. The molecule has 0 saturated carbocycles. The summed E-state index contributed by atoms with van der Waals surface area (Å²) in [6.07, 6.45) is 1.22. The lowest BCUT2D eigenvalue weighted by atomic mass is 9.96. The summed E-state index contributed by atoms with van der Waals surface area (Å²) < 4.78 is 5.90. The van der Waals surface area contributed by atoms with E-state index in [0.29, 0.717) is 0 Å². The molecule has 18 heavy (non-hydrogen) atoms. The van der Waals surface area contributed by atoms with Gasteiger partial charge in [-0.15, -0.1) is 0 Å². The van der Waals surface area contributed by atoms with Crippen LogP contribution in [0.3, 0.4) is 0 Å². The molecule has 1 atom stereocenters. The molecule has 0 aromatic heterocycles. The molecular formula is C15H24N2O. The molecule has 100 valence electrons. The first kappa shape index (κ1) is 13.2. The lowest BCUT2D eigenvalue weighted by Gasteiger charge is -2.37. The van der Waals surface area contributed by atoms with E-state index < -0.39 is 0 Å². The summed E-state index contributed by atoms with van der Waals surface area (Å²) in [5, 5.41) is 0. The molecule has 1 heterocycles. The molecule has 2 N–H and O–H groups in total. The van der Waals surface area contributed by atoms with Crippen molar-refractivity contribution >= 4 is 5.69 Å². The van der Waals surface area contributed by atoms with E-state index in [2.05, 4.69) is 44.7 Å². The van der Waals surface area contributed by atoms with Crippen LogP contribution in [-0.2, 0) is 0 Å². The molecule has 0 radical (unpaired) electrons. The minimum Gasteiger partial charge on any atom is -0.489 e. The molecule has 0 spiro atoms. The summed E-state index contributed by atoms with van der Waals surface area (Å²) in [6.45, 7) is 9.51. The van der Waals surface area contributed by atoms with Gasteiger partial charge in [0.15, 0.2) is 0 Å². The Hall–Kier alpha value is -1.22. The third-order valence-corrected chi connectivity index (χ3v) is 3.79. The molecule has 1 saturated heterocycles. The lowest BCUT2D eigenvalue weighted by molar-refractivity contribution is 0.242. The van der Waals surface area contributed by atoms with Crippen molar-refractivity contribution in [3.8, 4) is 5.75 Å². The van der Waals surface area contributed by atoms with Crippen molar-refractivity contribution in [1.82, 2.24) is 0 Å². The Bertz CT molecular complexity index is 415. The van der Waals surface area contributed by atoms with Crippen LogP contribution in [0.5, 0.6) is 5.75 Å². The predicted octanol–water partition coefficient (Wildman–Crippen LogP) is 2.79. The van der Waals surface area contributed by atoms with Crippen LogP contribution < -0.4 is 15.4 Å². The first-order chi connectivity index (χ1) is 8.43.